The van der Waals surface area contributed by atoms with Crippen molar-refractivity contribution in [3.8, 4) is 0 Å². The zero-order valence-corrected chi connectivity index (χ0v) is 18.6. The normalized spacial score (nSPS) is 23.4. The zero-order chi connectivity index (χ0) is 21.4. The van der Waals surface area contributed by atoms with Crippen LogP contribution in [-0.2, 0) is 4.79 Å². The van der Waals surface area contributed by atoms with Crippen LogP contribution in [0.5, 0.6) is 0 Å². The summed E-state index contributed by atoms with van der Waals surface area (Å²) in [4.78, 5) is 25.2. The third kappa shape index (κ3) is 6.70. The number of benzene rings is 1. The van der Waals surface area contributed by atoms with E-state index < -0.39 is 6.04 Å². The molecule has 0 radical (unpaired) electrons. The summed E-state index contributed by atoms with van der Waals surface area (Å²) < 4.78 is 0. The molecule has 0 heterocycles. The van der Waals surface area contributed by atoms with E-state index in [1.165, 1.54) is 12.8 Å². The Morgan fingerprint density at radius 3 is 2.48 bits per heavy atom. The first kappa shape index (κ1) is 23.1. The van der Waals surface area contributed by atoms with E-state index in [-0.39, 0.29) is 17.7 Å². The summed E-state index contributed by atoms with van der Waals surface area (Å²) in [6.45, 7) is 8.44. The predicted molar refractivity (Wildman–Crippen MR) is 120 cm³/mol. The van der Waals surface area contributed by atoms with E-state index in [9.17, 15) is 9.59 Å². The van der Waals surface area contributed by atoms with Crippen molar-refractivity contribution in [1.29, 1.82) is 0 Å². The summed E-state index contributed by atoms with van der Waals surface area (Å²) in [5.74, 6) is 0.582. The van der Waals surface area contributed by atoms with E-state index in [0.717, 1.165) is 12.8 Å². The van der Waals surface area contributed by atoms with Crippen LogP contribution in [0.1, 0.15) is 63.7 Å². The first-order valence-corrected chi connectivity index (χ1v) is 11.0. The van der Waals surface area contributed by atoms with E-state index in [0.29, 0.717) is 28.6 Å². The summed E-state index contributed by atoms with van der Waals surface area (Å²) in [5, 5.41) is 6.57. The van der Waals surface area contributed by atoms with Crippen LogP contribution >= 0.6 is 12.2 Å². The first-order valence-electron chi connectivity index (χ1n) is 10.6. The Hall–Kier alpha value is -2.15. The van der Waals surface area contributed by atoms with Crippen LogP contribution in [0.4, 0.5) is 0 Å². The smallest absolute Gasteiger partial charge is 0.261 e. The van der Waals surface area contributed by atoms with Crippen LogP contribution in [0.25, 0.3) is 0 Å². The second-order valence-corrected chi connectivity index (χ2v) is 8.57. The standard InChI is InChI=1S/C22H34N4O2S/c1-5-14(2)19(24-20(27)17-11-7-6-8-12-17)21(28)25-26-22(29)23-18-13-9-10-15(3)16(18)4/h6-8,11-12,14-16,18-19H,5,9-10,13H2,1-4H3,(H,24,27)(H,25,28)(H2,23,26,29)/t14-,15-,16-,18-,19-/m0/s1. The molecular weight excluding hydrogens is 384 g/mol. The fourth-order valence-electron chi connectivity index (χ4n) is 3.70. The Kier molecular flexibility index (Phi) is 8.89. The summed E-state index contributed by atoms with van der Waals surface area (Å²) >= 11 is 5.37. The summed E-state index contributed by atoms with van der Waals surface area (Å²) in [6.07, 6.45) is 4.25. The molecule has 0 aliphatic heterocycles. The number of hydrogen-bond donors (Lipinski definition) is 4. The lowest BCUT2D eigenvalue weighted by atomic mass is 9.78. The lowest BCUT2D eigenvalue weighted by molar-refractivity contribution is -0.124. The van der Waals surface area contributed by atoms with Gasteiger partial charge in [0.25, 0.3) is 11.8 Å². The zero-order valence-electron chi connectivity index (χ0n) is 17.8. The molecule has 2 amide bonds. The number of hydrazine groups is 1. The van der Waals surface area contributed by atoms with Crippen molar-refractivity contribution in [3.63, 3.8) is 0 Å². The van der Waals surface area contributed by atoms with Gasteiger partial charge in [-0.3, -0.25) is 20.4 Å². The van der Waals surface area contributed by atoms with Gasteiger partial charge in [0.2, 0.25) is 0 Å². The van der Waals surface area contributed by atoms with E-state index in [1.807, 2.05) is 19.9 Å². The molecule has 2 rings (SSSR count). The summed E-state index contributed by atoms with van der Waals surface area (Å²) in [7, 11) is 0. The van der Waals surface area contributed by atoms with Crippen LogP contribution in [0.2, 0.25) is 0 Å². The average Bonchev–Trinajstić information content (AvgIpc) is 2.73. The number of carbonyl (C=O) groups excluding carboxylic acids is 2. The number of rotatable bonds is 6. The topological polar surface area (TPSA) is 82.3 Å². The average molecular weight is 419 g/mol. The number of hydrogen-bond acceptors (Lipinski definition) is 3. The minimum absolute atomic E-state index is 0.0230. The molecule has 6 nitrogen and oxygen atoms in total. The Morgan fingerprint density at radius 1 is 1.14 bits per heavy atom. The molecule has 0 saturated heterocycles. The third-order valence-electron chi connectivity index (χ3n) is 6.14. The molecule has 0 bridgehead atoms. The van der Waals surface area contributed by atoms with Gasteiger partial charge in [-0.15, -0.1) is 0 Å². The molecule has 160 valence electrons. The van der Waals surface area contributed by atoms with Gasteiger partial charge < -0.3 is 10.6 Å². The van der Waals surface area contributed by atoms with Crippen LogP contribution in [0, 0.1) is 17.8 Å². The van der Waals surface area contributed by atoms with E-state index >= 15 is 0 Å². The van der Waals surface area contributed by atoms with Gasteiger partial charge in [-0.05, 0) is 48.5 Å². The molecule has 5 atom stereocenters. The molecule has 0 unspecified atom stereocenters. The first-order chi connectivity index (χ1) is 13.8. The van der Waals surface area contributed by atoms with Gasteiger partial charge >= 0.3 is 0 Å². The molecule has 1 fully saturated rings. The van der Waals surface area contributed by atoms with Gasteiger partial charge in [-0.25, -0.2) is 0 Å². The molecule has 1 aliphatic rings. The molecule has 4 N–H and O–H groups in total. The highest BCUT2D eigenvalue weighted by molar-refractivity contribution is 7.80. The van der Waals surface area contributed by atoms with Crippen molar-refractivity contribution in [1.82, 2.24) is 21.5 Å². The van der Waals surface area contributed by atoms with Crippen molar-refractivity contribution < 1.29 is 9.59 Å². The minimum atomic E-state index is -0.656. The molecular formula is C22H34N4O2S. The Labute approximate surface area is 179 Å². The largest absolute Gasteiger partial charge is 0.358 e. The molecule has 1 saturated carbocycles. The highest BCUT2D eigenvalue weighted by Crippen LogP contribution is 2.29. The summed E-state index contributed by atoms with van der Waals surface area (Å²) in [6, 6.07) is 8.55. The van der Waals surface area contributed by atoms with Gasteiger partial charge in [-0.2, -0.15) is 0 Å². The van der Waals surface area contributed by atoms with Gasteiger partial charge in [0, 0.05) is 11.6 Å². The fraction of sp³-hybridized carbons (Fsp3) is 0.591. The second-order valence-electron chi connectivity index (χ2n) is 8.16. The fourth-order valence-corrected chi connectivity index (χ4v) is 3.90. The maximum atomic E-state index is 12.7. The van der Waals surface area contributed by atoms with Gasteiger partial charge in [0.1, 0.15) is 6.04 Å². The van der Waals surface area contributed by atoms with Crippen molar-refractivity contribution in [3.05, 3.63) is 35.9 Å². The lowest BCUT2D eigenvalue weighted by Crippen LogP contribution is -2.57. The Morgan fingerprint density at radius 2 is 1.83 bits per heavy atom. The van der Waals surface area contributed by atoms with E-state index in [4.69, 9.17) is 12.2 Å². The van der Waals surface area contributed by atoms with E-state index in [1.54, 1.807) is 24.3 Å². The molecule has 1 aromatic carbocycles. The van der Waals surface area contributed by atoms with Crippen LogP contribution in [0.15, 0.2) is 30.3 Å². The van der Waals surface area contributed by atoms with Crippen molar-refractivity contribution in [2.75, 3.05) is 0 Å². The molecule has 0 aromatic heterocycles. The van der Waals surface area contributed by atoms with Crippen LogP contribution in [-0.4, -0.2) is 29.0 Å². The number of nitrogens with one attached hydrogen (secondary N) is 4. The molecule has 29 heavy (non-hydrogen) atoms. The monoisotopic (exact) mass is 418 g/mol. The second kappa shape index (κ2) is 11.1. The van der Waals surface area contributed by atoms with Crippen LogP contribution in [0.3, 0.4) is 0 Å². The van der Waals surface area contributed by atoms with Crippen molar-refractivity contribution >= 4 is 29.1 Å². The van der Waals surface area contributed by atoms with Crippen molar-refractivity contribution in [2.45, 2.75) is 65.5 Å². The molecule has 0 spiro atoms. The third-order valence-corrected chi connectivity index (χ3v) is 6.36. The number of thiocarbonyl (C=S) groups is 1. The summed E-state index contributed by atoms with van der Waals surface area (Å²) in [5.41, 5.74) is 6.00. The minimum Gasteiger partial charge on any atom is -0.358 e. The molecule has 1 aromatic rings. The highest BCUT2D eigenvalue weighted by Gasteiger charge is 2.29. The van der Waals surface area contributed by atoms with Gasteiger partial charge in [-0.1, -0.05) is 65.2 Å². The van der Waals surface area contributed by atoms with Crippen molar-refractivity contribution in [2.24, 2.45) is 17.8 Å². The number of amides is 2. The van der Waals surface area contributed by atoms with Gasteiger partial charge in [0.05, 0.1) is 0 Å². The lowest BCUT2D eigenvalue weighted by Gasteiger charge is -2.35. The maximum Gasteiger partial charge on any atom is 0.261 e. The number of carbonyl (C=O) groups is 2. The quantitative estimate of drug-likeness (QED) is 0.421. The maximum absolute atomic E-state index is 12.7. The molecule has 7 heteroatoms. The predicted octanol–water partition coefficient (Wildman–Crippen LogP) is 3.15. The Balaban J connectivity index is 1.90. The van der Waals surface area contributed by atoms with Crippen LogP contribution < -0.4 is 21.5 Å². The Bertz CT molecular complexity index is 697. The van der Waals surface area contributed by atoms with E-state index in [2.05, 4.69) is 35.3 Å². The molecule has 1 aliphatic carbocycles. The highest BCUT2D eigenvalue weighted by atomic mass is 32.1. The van der Waals surface area contributed by atoms with Gasteiger partial charge in [0.15, 0.2) is 5.11 Å². The SMILES string of the molecule is CC[C@H](C)[C@H](NC(=O)c1ccccc1)C(=O)NNC(=S)N[C@H]1CCC[C@H](C)[C@@H]1C.